The molecule has 9 nitrogen and oxygen atoms in total. The zero-order valence-corrected chi connectivity index (χ0v) is 12.1. The van der Waals surface area contributed by atoms with Gasteiger partial charge in [-0.15, -0.1) is 0 Å². The number of rotatable bonds is 5. The van der Waals surface area contributed by atoms with E-state index in [0.29, 0.717) is 0 Å². The highest BCUT2D eigenvalue weighted by atomic mass is 32.2. The highest BCUT2D eigenvalue weighted by molar-refractivity contribution is 7.84. The summed E-state index contributed by atoms with van der Waals surface area (Å²) in [6.07, 6.45) is -2.79. The van der Waals surface area contributed by atoms with Crippen LogP contribution in [0.5, 0.6) is 0 Å². The van der Waals surface area contributed by atoms with E-state index in [1.165, 1.54) is 18.2 Å². The summed E-state index contributed by atoms with van der Waals surface area (Å²) in [5.74, 6) is 0. The fourth-order valence-electron chi connectivity index (χ4n) is 2.00. The second-order valence-corrected chi connectivity index (χ2v) is 5.71. The van der Waals surface area contributed by atoms with Crippen LogP contribution >= 0.6 is 0 Å². The maximum Gasteiger partial charge on any atom is 0.337 e. The molecule has 0 spiro atoms. The topological polar surface area (TPSA) is 117 Å². The van der Waals surface area contributed by atoms with Crippen LogP contribution in [0.25, 0.3) is 0 Å². The van der Waals surface area contributed by atoms with Gasteiger partial charge in [0.15, 0.2) is 12.5 Å². The SMILES string of the molecule is COS(=O)(=O)N[C@@H]1OC(C)O[C@@H]1c1ccccc1[N+](=O)[O-]. The third-order valence-corrected chi connectivity index (χ3v) is 3.83. The molecule has 3 atom stereocenters. The van der Waals surface area contributed by atoms with Crippen molar-refractivity contribution in [3.05, 3.63) is 39.9 Å². The van der Waals surface area contributed by atoms with Crippen LogP contribution in [0.1, 0.15) is 18.6 Å². The molecule has 116 valence electrons. The summed E-state index contributed by atoms with van der Waals surface area (Å²) >= 11 is 0. The number of hydrogen-bond donors (Lipinski definition) is 1. The molecule has 0 bridgehead atoms. The van der Waals surface area contributed by atoms with E-state index in [-0.39, 0.29) is 11.3 Å². The fourth-order valence-corrected chi connectivity index (χ4v) is 2.56. The van der Waals surface area contributed by atoms with Gasteiger partial charge in [-0.1, -0.05) is 12.1 Å². The first-order chi connectivity index (χ1) is 9.84. The maximum atomic E-state index is 11.5. The van der Waals surface area contributed by atoms with Crippen LogP contribution in [-0.4, -0.2) is 33.0 Å². The minimum Gasteiger partial charge on any atom is -0.340 e. The summed E-state index contributed by atoms with van der Waals surface area (Å²) in [7, 11) is -3.04. The zero-order valence-electron chi connectivity index (χ0n) is 11.3. The second kappa shape index (κ2) is 6.03. The average Bonchev–Trinajstić information content (AvgIpc) is 2.78. The van der Waals surface area contributed by atoms with Crippen LogP contribution in [0.4, 0.5) is 5.69 Å². The van der Waals surface area contributed by atoms with Crippen molar-refractivity contribution in [1.29, 1.82) is 0 Å². The van der Waals surface area contributed by atoms with Crippen molar-refractivity contribution in [2.24, 2.45) is 0 Å². The van der Waals surface area contributed by atoms with Crippen molar-refractivity contribution in [2.75, 3.05) is 7.11 Å². The minimum atomic E-state index is -4.03. The number of nitrogens with one attached hydrogen (secondary N) is 1. The van der Waals surface area contributed by atoms with Gasteiger partial charge in [0, 0.05) is 6.07 Å². The molecule has 0 saturated carbocycles. The summed E-state index contributed by atoms with van der Waals surface area (Å²) < 4.78 is 40.0. The lowest BCUT2D eigenvalue weighted by Crippen LogP contribution is -2.38. The molecular weight excluding hydrogens is 304 g/mol. The van der Waals surface area contributed by atoms with Crippen LogP contribution in [0, 0.1) is 10.1 Å². The quantitative estimate of drug-likeness (QED) is 0.631. The van der Waals surface area contributed by atoms with Gasteiger partial charge in [0.1, 0.15) is 6.10 Å². The molecule has 0 aliphatic carbocycles. The van der Waals surface area contributed by atoms with Gasteiger partial charge in [-0.05, 0) is 13.0 Å². The molecular formula is C11H14N2O7S. The summed E-state index contributed by atoms with van der Waals surface area (Å²) in [4.78, 5) is 10.5. The Morgan fingerprint density at radius 1 is 1.33 bits per heavy atom. The molecule has 21 heavy (non-hydrogen) atoms. The minimum absolute atomic E-state index is 0.179. The van der Waals surface area contributed by atoms with Crippen LogP contribution in [0.3, 0.4) is 0 Å². The lowest BCUT2D eigenvalue weighted by molar-refractivity contribution is -0.386. The zero-order chi connectivity index (χ0) is 15.6. The molecule has 10 heteroatoms. The van der Waals surface area contributed by atoms with Crippen LogP contribution in [-0.2, 0) is 24.0 Å². The van der Waals surface area contributed by atoms with E-state index in [4.69, 9.17) is 9.47 Å². The monoisotopic (exact) mass is 318 g/mol. The van der Waals surface area contributed by atoms with Crippen LogP contribution in [0.15, 0.2) is 24.3 Å². The summed E-state index contributed by atoms with van der Waals surface area (Å²) in [5, 5.41) is 11.1. The maximum absolute atomic E-state index is 11.5. The van der Waals surface area contributed by atoms with Gasteiger partial charge in [-0.25, -0.2) is 0 Å². The largest absolute Gasteiger partial charge is 0.340 e. The molecule has 1 N–H and O–H groups in total. The third-order valence-electron chi connectivity index (χ3n) is 2.87. The lowest BCUT2D eigenvalue weighted by Gasteiger charge is -2.17. The number of para-hydroxylation sites is 1. The Morgan fingerprint density at radius 3 is 2.62 bits per heavy atom. The fraction of sp³-hybridized carbons (Fsp3) is 0.455. The number of nitro benzene ring substituents is 1. The van der Waals surface area contributed by atoms with Gasteiger partial charge >= 0.3 is 10.3 Å². The molecule has 1 heterocycles. The molecule has 1 aliphatic heterocycles. The Labute approximate surface area is 121 Å². The summed E-state index contributed by atoms with van der Waals surface area (Å²) in [5.41, 5.74) is 0.0393. The van der Waals surface area contributed by atoms with E-state index < -0.39 is 33.8 Å². The van der Waals surface area contributed by atoms with Gasteiger partial charge in [0.25, 0.3) is 5.69 Å². The van der Waals surface area contributed by atoms with Crippen molar-refractivity contribution >= 4 is 16.0 Å². The van der Waals surface area contributed by atoms with Crippen LogP contribution < -0.4 is 4.72 Å². The number of ether oxygens (including phenoxy) is 2. The number of hydrogen-bond acceptors (Lipinski definition) is 7. The highest BCUT2D eigenvalue weighted by Crippen LogP contribution is 2.36. The molecule has 2 rings (SSSR count). The van der Waals surface area contributed by atoms with Gasteiger partial charge in [-0.3, -0.25) is 14.3 Å². The number of benzene rings is 1. The first-order valence-electron chi connectivity index (χ1n) is 5.96. The normalized spacial score (nSPS) is 25.9. The van der Waals surface area contributed by atoms with E-state index >= 15 is 0 Å². The van der Waals surface area contributed by atoms with Gasteiger partial charge in [0.2, 0.25) is 0 Å². The smallest absolute Gasteiger partial charge is 0.337 e. The second-order valence-electron chi connectivity index (χ2n) is 4.24. The standard InChI is InChI=1S/C11H14N2O7S/c1-7-19-10(11(20-7)12-21(16,17)18-2)8-5-3-4-6-9(8)13(14)15/h3-7,10-12H,1-2H3/t7?,10-,11-/m1/s1. The summed E-state index contributed by atoms with van der Waals surface area (Å²) in [6.45, 7) is 1.56. The van der Waals surface area contributed by atoms with E-state index in [0.717, 1.165) is 7.11 Å². The summed E-state index contributed by atoms with van der Waals surface area (Å²) in [6, 6.07) is 5.90. The molecule has 0 radical (unpaired) electrons. The lowest BCUT2D eigenvalue weighted by atomic mass is 10.1. The molecule has 1 fully saturated rings. The van der Waals surface area contributed by atoms with Gasteiger partial charge < -0.3 is 9.47 Å². The highest BCUT2D eigenvalue weighted by Gasteiger charge is 2.40. The molecule has 1 saturated heterocycles. The Hall–Kier alpha value is -1.59. The van der Waals surface area contributed by atoms with Crippen molar-refractivity contribution in [1.82, 2.24) is 4.72 Å². The molecule has 1 aliphatic rings. The molecule has 0 amide bonds. The van der Waals surface area contributed by atoms with Crippen molar-refractivity contribution in [3.8, 4) is 0 Å². The molecule has 1 aromatic rings. The molecule has 1 unspecified atom stereocenters. The van der Waals surface area contributed by atoms with E-state index in [9.17, 15) is 18.5 Å². The van der Waals surface area contributed by atoms with E-state index in [1.807, 2.05) is 0 Å². The van der Waals surface area contributed by atoms with Crippen LogP contribution in [0.2, 0.25) is 0 Å². The number of nitrogens with zero attached hydrogens (tertiary/aromatic N) is 1. The molecule has 0 aromatic heterocycles. The Kier molecular flexibility index (Phi) is 4.54. The Bertz CT molecular complexity index is 633. The average molecular weight is 318 g/mol. The first-order valence-corrected chi connectivity index (χ1v) is 7.37. The predicted octanol–water partition coefficient (Wildman–Crippen LogP) is 0.836. The Morgan fingerprint density at radius 2 is 2.00 bits per heavy atom. The van der Waals surface area contributed by atoms with Crippen molar-refractivity contribution in [3.63, 3.8) is 0 Å². The molecule has 1 aromatic carbocycles. The number of nitro groups is 1. The van der Waals surface area contributed by atoms with Crippen molar-refractivity contribution < 1.29 is 27.0 Å². The van der Waals surface area contributed by atoms with E-state index in [2.05, 4.69) is 8.91 Å². The van der Waals surface area contributed by atoms with Gasteiger partial charge in [-0.2, -0.15) is 13.1 Å². The van der Waals surface area contributed by atoms with Crippen molar-refractivity contribution in [2.45, 2.75) is 25.5 Å². The first kappa shape index (κ1) is 15.8. The van der Waals surface area contributed by atoms with Gasteiger partial charge in [0.05, 0.1) is 17.6 Å². The Balaban J connectivity index is 2.35. The predicted molar refractivity (Wildman–Crippen MR) is 70.3 cm³/mol. The van der Waals surface area contributed by atoms with E-state index in [1.54, 1.807) is 13.0 Å². The third kappa shape index (κ3) is 3.54.